The van der Waals surface area contributed by atoms with E-state index in [4.69, 9.17) is 0 Å². The highest BCUT2D eigenvalue weighted by Crippen LogP contribution is 2.18. The first-order chi connectivity index (χ1) is 11.1. The maximum Gasteiger partial charge on any atom is 0.273 e. The predicted octanol–water partition coefficient (Wildman–Crippen LogP) is 2.56. The summed E-state index contributed by atoms with van der Waals surface area (Å²) in [5, 5.41) is 17.2. The molecular weight excluding hydrogens is 383 g/mol. The lowest BCUT2D eigenvalue weighted by molar-refractivity contribution is 0.0945. The quantitative estimate of drug-likeness (QED) is 0.796. The first kappa shape index (κ1) is 21.8. The van der Waals surface area contributed by atoms with E-state index in [0.717, 1.165) is 36.6 Å². The van der Waals surface area contributed by atoms with Gasteiger partial charge in [0, 0.05) is 5.38 Å². The van der Waals surface area contributed by atoms with Gasteiger partial charge in [-0.25, -0.2) is 9.67 Å². The van der Waals surface area contributed by atoms with Crippen LogP contribution in [0.2, 0.25) is 0 Å². The Labute approximate surface area is 163 Å². The second-order valence-corrected chi connectivity index (χ2v) is 7.01. The average molecular weight is 407 g/mol. The molecule has 3 heterocycles. The van der Waals surface area contributed by atoms with E-state index < -0.39 is 0 Å². The second kappa shape index (κ2) is 10.1. The van der Waals surface area contributed by atoms with Gasteiger partial charge in [0.2, 0.25) is 0 Å². The average Bonchev–Trinajstić information content (AvgIpc) is 3.23. The first-order valence-electron chi connectivity index (χ1n) is 7.98. The number of rotatable bonds is 5. The van der Waals surface area contributed by atoms with E-state index in [1.807, 2.05) is 10.1 Å². The van der Waals surface area contributed by atoms with Crippen LogP contribution in [-0.4, -0.2) is 39.0 Å². The molecule has 0 aromatic carbocycles. The van der Waals surface area contributed by atoms with E-state index in [1.165, 1.54) is 0 Å². The van der Waals surface area contributed by atoms with E-state index in [-0.39, 0.29) is 30.7 Å². The van der Waals surface area contributed by atoms with Gasteiger partial charge in [-0.3, -0.25) is 4.79 Å². The molecule has 0 spiro atoms. The maximum atomic E-state index is 12.2. The number of thiazole rings is 1. The smallest absolute Gasteiger partial charge is 0.273 e. The number of carbonyl (C=O) groups excluding carboxylic acids is 1. The van der Waals surface area contributed by atoms with Gasteiger partial charge in [0.1, 0.15) is 5.01 Å². The Morgan fingerprint density at radius 1 is 1.40 bits per heavy atom. The van der Waals surface area contributed by atoms with Crippen molar-refractivity contribution in [1.29, 1.82) is 0 Å². The van der Waals surface area contributed by atoms with Crippen molar-refractivity contribution >= 4 is 42.1 Å². The Hall–Kier alpha value is -1.22. The molecule has 10 heteroatoms. The summed E-state index contributed by atoms with van der Waals surface area (Å²) in [7, 11) is 0. The molecule has 1 amide bonds. The lowest BCUT2D eigenvalue weighted by atomic mass is 10.1. The zero-order valence-corrected chi connectivity index (χ0v) is 16.7. The molecule has 0 unspecified atom stereocenters. The third-order valence-corrected chi connectivity index (χ3v) is 4.85. The van der Waals surface area contributed by atoms with Crippen LogP contribution >= 0.6 is 36.2 Å². The topological polar surface area (TPSA) is 84.7 Å². The summed E-state index contributed by atoms with van der Waals surface area (Å²) >= 11 is 1.57. The van der Waals surface area contributed by atoms with Crippen molar-refractivity contribution < 1.29 is 4.79 Å². The Morgan fingerprint density at radius 2 is 2.12 bits per heavy atom. The number of nitrogens with one attached hydrogen (secondary N) is 2. The van der Waals surface area contributed by atoms with Crippen molar-refractivity contribution in [1.82, 2.24) is 30.6 Å². The Kier molecular flexibility index (Phi) is 8.78. The highest BCUT2D eigenvalue weighted by Gasteiger charge is 2.18. The zero-order chi connectivity index (χ0) is 16.2. The van der Waals surface area contributed by atoms with Gasteiger partial charge < -0.3 is 10.6 Å². The van der Waals surface area contributed by atoms with Crippen molar-refractivity contribution in [2.24, 2.45) is 0 Å². The van der Waals surface area contributed by atoms with Gasteiger partial charge in [-0.05, 0) is 31.8 Å². The van der Waals surface area contributed by atoms with E-state index in [0.29, 0.717) is 24.2 Å². The van der Waals surface area contributed by atoms with Crippen LogP contribution < -0.4 is 10.6 Å². The van der Waals surface area contributed by atoms with E-state index >= 15 is 0 Å². The van der Waals surface area contributed by atoms with Gasteiger partial charge in [0.15, 0.2) is 5.69 Å². The first-order valence-corrected chi connectivity index (χ1v) is 8.86. The van der Waals surface area contributed by atoms with Crippen LogP contribution in [0.4, 0.5) is 0 Å². The van der Waals surface area contributed by atoms with Crippen LogP contribution in [0.15, 0.2) is 11.6 Å². The third kappa shape index (κ3) is 5.64. The molecule has 1 aliphatic heterocycles. The summed E-state index contributed by atoms with van der Waals surface area (Å²) in [6.45, 7) is 6.60. The van der Waals surface area contributed by atoms with Crippen molar-refractivity contribution in [2.75, 3.05) is 13.1 Å². The molecule has 1 fully saturated rings. The minimum absolute atomic E-state index is 0. The lowest BCUT2D eigenvalue weighted by Gasteiger charge is -2.22. The number of nitrogens with zero attached hydrogens (tertiary/aromatic N) is 4. The van der Waals surface area contributed by atoms with Gasteiger partial charge in [0.05, 0.1) is 24.5 Å². The zero-order valence-electron chi connectivity index (χ0n) is 14.3. The van der Waals surface area contributed by atoms with Crippen LogP contribution in [0.3, 0.4) is 0 Å². The Morgan fingerprint density at radius 3 is 2.76 bits per heavy atom. The van der Waals surface area contributed by atoms with Crippen LogP contribution in [-0.2, 0) is 6.54 Å². The molecule has 1 saturated heterocycles. The van der Waals surface area contributed by atoms with Gasteiger partial charge >= 0.3 is 0 Å². The molecule has 0 aliphatic carbocycles. The number of carbonyl (C=O) groups is 1. The van der Waals surface area contributed by atoms with Crippen molar-refractivity contribution in [2.45, 2.75) is 45.2 Å². The van der Waals surface area contributed by atoms with E-state index in [1.54, 1.807) is 17.5 Å². The summed E-state index contributed by atoms with van der Waals surface area (Å²) in [6.07, 6.45) is 3.77. The Balaban J connectivity index is 0.00000156. The maximum absolute atomic E-state index is 12.2. The van der Waals surface area contributed by atoms with Gasteiger partial charge in [-0.15, -0.1) is 41.2 Å². The van der Waals surface area contributed by atoms with Gasteiger partial charge in [-0.2, -0.15) is 0 Å². The summed E-state index contributed by atoms with van der Waals surface area (Å²) in [6, 6.07) is 0.331. The predicted molar refractivity (Wildman–Crippen MR) is 103 cm³/mol. The molecule has 0 radical (unpaired) electrons. The Bertz CT molecular complexity index is 669. The van der Waals surface area contributed by atoms with Crippen LogP contribution in [0.1, 0.15) is 59.8 Å². The largest absolute Gasteiger partial charge is 0.344 e. The number of amides is 1. The summed E-state index contributed by atoms with van der Waals surface area (Å²) < 4.78 is 1.82. The fourth-order valence-electron chi connectivity index (χ4n) is 2.55. The second-order valence-electron chi connectivity index (χ2n) is 6.07. The summed E-state index contributed by atoms with van der Waals surface area (Å²) in [5.74, 6) is 0.201. The molecule has 140 valence electrons. The molecule has 0 atom stereocenters. The van der Waals surface area contributed by atoms with Gasteiger partial charge in [-0.1, -0.05) is 19.1 Å². The normalized spacial score (nSPS) is 14.7. The molecule has 2 aromatic rings. The third-order valence-electron chi connectivity index (χ3n) is 3.99. The van der Waals surface area contributed by atoms with Crippen LogP contribution in [0.25, 0.3) is 0 Å². The summed E-state index contributed by atoms with van der Waals surface area (Å²) in [5.41, 5.74) is 1.43. The van der Waals surface area contributed by atoms with Crippen LogP contribution in [0.5, 0.6) is 0 Å². The molecular formula is C15H24Cl2N6OS. The lowest BCUT2D eigenvalue weighted by Crippen LogP contribution is -2.29. The molecule has 3 rings (SSSR count). The minimum atomic E-state index is -0.202. The monoisotopic (exact) mass is 406 g/mol. The standard InChI is InChI=1S/C15H22N6OS.2ClH/c1-10(2)13-9-23-14(18-13)7-17-15(22)12-8-21(20-19-12)11-3-5-16-6-4-11;;/h8-11,16H,3-7H2,1-2H3,(H,17,22);2*1H. The van der Waals surface area contributed by atoms with Crippen molar-refractivity contribution in [3.8, 4) is 0 Å². The highest BCUT2D eigenvalue weighted by molar-refractivity contribution is 7.09. The fraction of sp³-hybridized carbons (Fsp3) is 0.600. The highest BCUT2D eigenvalue weighted by atomic mass is 35.5. The fourth-order valence-corrected chi connectivity index (χ4v) is 3.44. The van der Waals surface area contributed by atoms with Gasteiger partial charge in [0.25, 0.3) is 5.91 Å². The van der Waals surface area contributed by atoms with Crippen molar-refractivity contribution in [3.05, 3.63) is 28.0 Å². The van der Waals surface area contributed by atoms with E-state index in [9.17, 15) is 4.79 Å². The molecule has 7 nitrogen and oxygen atoms in total. The number of aromatic nitrogens is 4. The number of halogens is 2. The number of piperidine rings is 1. The molecule has 2 N–H and O–H groups in total. The van der Waals surface area contributed by atoms with Crippen LogP contribution in [0, 0.1) is 0 Å². The summed E-state index contributed by atoms with van der Waals surface area (Å²) in [4.78, 5) is 16.7. The number of hydrogen-bond acceptors (Lipinski definition) is 6. The molecule has 0 bridgehead atoms. The molecule has 0 saturated carbocycles. The van der Waals surface area contributed by atoms with Crippen molar-refractivity contribution in [3.63, 3.8) is 0 Å². The molecule has 25 heavy (non-hydrogen) atoms. The molecule has 2 aromatic heterocycles. The number of hydrogen-bond donors (Lipinski definition) is 2. The minimum Gasteiger partial charge on any atom is -0.344 e. The SMILES string of the molecule is CC(C)c1csc(CNC(=O)c2cn(C3CCNCC3)nn2)n1.Cl.Cl. The molecule has 1 aliphatic rings. The van der Waals surface area contributed by atoms with E-state index in [2.05, 4.69) is 39.8 Å².